The molecule has 2 aromatic rings. The number of ether oxygens (including phenoxy) is 1. The van der Waals surface area contributed by atoms with Crippen molar-refractivity contribution in [2.24, 2.45) is 7.05 Å². The highest BCUT2D eigenvalue weighted by Gasteiger charge is 2.24. The van der Waals surface area contributed by atoms with Crippen molar-refractivity contribution in [3.63, 3.8) is 0 Å². The van der Waals surface area contributed by atoms with Gasteiger partial charge in [0.05, 0.1) is 12.8 Å². The highest BCUT2D eigenvalue weighted by molar-refractivity contribution is 7.92. The van der Waals surface area contributed by atoms with Crippen molar-refractivity contribution in [3.05, 3.63) is 22.5 Å². The lowest BCUT2D eigenvalue weighted by Crippen LogP contribution is -2.15. The van der Waals surface area contributed by atoms with Gasteiger partial charge in [-0.3, -0.25) is 9.40 Å². The smallest absolute Gasteiger partial charge is 0.350 e. The van der Waals surface area contributed by atoms with Gasteiger partial charge in [0, 0.05) is 13.2 Å². The second-order valence-electron chi connectivity index (χ2n) is 3.81. The number of rotatable bonds is 4. The van der Waals surface area contributed by atoms with Gasteiger partial charge in [-0.15, -0.1) is 11.3 Å². The summed E-state index contributed by atoms with van der Waals surface area (Å²) in [6.07, 6.45) is 1.28. The molecule has 0 saturated carbocycles. The zero-order valence-electron chi connectivity index (χ0n) is 10.7. The van der Waals surface area contributed by atoms with Crippen molar-refractivity contribution in [1.82, 2.24) is 9.78 Å². The molecule has 0 spiro atoms. The molecule has 0 aliphatic heterocycles. The molecule has 0 aliphatic carbocycles. The summed E-state index contributed by atoms with van der Waals surface area (Å²) in [4.78, 5) is 11.5. The van der Waals surface area contributed by atoms with Gasteiger partial charge in [0.25, 0.3) is 10.0 Å². The van der Waals surface area contributed by atoms with Gasteiger partial charge in [-0.05, 0) is 11.4 Å². The number of esters is 1. The SMILES string of the molecule is COC(=O)c1sccc1NS(=O)(=O)c1cn(C)nc1N. The first-order valence-electron chi connectivity index (χ1n) is 5.33. The van der Waals surface area contributed by atoms with Crippen LogP contribution in [0, 0.1) is 0 Å². The van der Waals surface area contributed by atoms with Gasteiger partial charge in [-0.2, -0.15) is 5.10 Å². The molecule has 10 heteroatoms. The van der Waals surface area contributed by atoms with E-state index in [0.717, 1.165) is 11.3 Å². The maximum Gasteiger partial charge on any atom is 0.350 e. The van der Waals surface area contributed by atoms with Gasteiger partial charge in [0.2, 0.25) is 0 Å². The average Bonchev–Trinajstić information content (AvgIpc) is 2.94. The van der Waals surface area contributed by atoms with Gasteiger partial charge >= 0.3 is 5.97 Å². The van der Waals surface area contributed by atoms with E-state index in [1.54, 1.807) is 12.4 Å². The minimum atomic E-state index is -3.92. The summed E-state index contributed by atoms with van der Waals surface area (Å²) in [5.41, 5.74) is 5.68. The summed E-state index contributed by atoms with van der Waals surface area (Å²) in [5, 5.41) is 5.35. The van der Waals surface area contributed by atoms with Crippen LogP contribution in [0.3, 0.4) is 0 Å². The number of methoxy groups -OCH3 is 1. The zero-order valence-corrected chi connectivity index (χ0v) is 12.3. The Balaban J connectivity index is 2.37. The van der Waals surface area contributed by atoms with Crippen molar-refractivity contribution in [2.45, 2.75) is 4.90 Å². The van der Waals surface area contributed by atoms with Crippen LogP contribution in [0.1, 0.15) is 9.67 Å². The lowest BCUT2D eigenvalue weighted by Gasteiger charge is -2.06. The minimum absolute atomic E-state index is 0.116. The van der Waals surface area contributed by atoms with Crippen molar-refractivity contribution in [1.29, 1.82) is 0 Å². The highest BCUT2D eigenvalue weighted by atomic mass is 32.2. The first-order chi connectivity index (χ1) is 9.35. The number of aryl methyl sites for hydroxylation is 1. The van der Waals surface area contributed by atoms with E-state index in [2.05, 4.69) is 14.6 Å². The summed E-state index contributed by atoms with van der Waals surface area (Å²) in [7, 11) is -1.14. The number of nitrogens with two attached hydrogens (primary N) is 1. The summed E-state index contributed by atoms with van der Waals surface area (Å²) in [5.74, 6) is -0.730. The third-order valence-corrected chi connectivity index (χ3v) is 4.67. The molecular formula is C10H12N4O4S2. The normalized spacial score (nSPS) is 11.3. The average molecular weight is 316 g/mol. The van der Waals surface area contributed by atoms with E-state index in [9.17, 15) is 13.2 Å². The molecular weight excluding hydrogens is 304 g/mol. The van der Waals surface area contributed by atoms with Crippen LogP contribution in [0.15, 0.2) is 22.5 Å². The quantitative estimate of drug-likeness (QED) is 0.800. The van der Waals surface area contributed by atoms with E-state index < -0.39 is 16.0 Å². The Labute approximate surface area is 119 Å². The number of thiophene rings is 1. The lowest BCUT2D eigenvalue weighted by atomic mass is 10.4. The predicted octanol–water partition coefficient (Wildman–Crippen LogP) is 0.651. The molecule has 0 amide bonds. The summed E-state index contributed by atoms with van der Waals surface area (Å²) in [6, 6.07) is 1.47. The van der Waals surface area contributed by atoms with Crippen molar-refractivity contribution >= 4 is 38.8 Å². The number of carbonyl (C=O) groups excluding carboxylic acids is 1. The van der Waals surface area contributed by atoms with E-state index in [1.165, 1.54) is 24.1 Å². The number of carbonyl (C=O) groups is 1. The van der Waals surface area contributed by atoms with Crippen LogP contribution in [0.4, 0.5) is 11.5 Å². The van der Waals surface area contributed by atoms with Crippen LogP contribution in [0.5, 0.6) is 0 Å². The summed E-state index contributed by atoms with van der Waals surface area (Å²) >= 11 is 1.07. The summed E-state index contributed by atoms with van der Waals surface area (Å²) in [6.45, 7) is 0. The molecule has 0 saturated heterocycles. The first-order valence-corrected chi connectivity index (χ1v) is 7.69. The zero-order chi connectivity index (χ0) is 14.9. The van der Waals surface area contributed by atoms with Crippen LogP contribution in [-0.4, -0.2) is 31.3 Å². The van der Waals surface area contributed by atoms with E-state index in [-0.39, 0.29) is 21.3 Å². The number of hydrogen-bond acceptors (Lipinski definition) is 7. The van der Waals surface area contributed by atoms with E-state index in [1.807, 2.05) is 0 Å². The maximum atomic E-state index is 12.2. The fourth-order valence-corrected chi connectivity index (χ4v) is 3.54. The molecule has 0 unspecified atom stereocenters. The standard InChI is InChI=1S/C10H12N4O4S2/c1-14-5-7(9(11)12-14)20(16,17)13-6-3-4-19-8(6)10(15)18-2/h3-5,13H,1-2H3,(H2,11,12). The van der Waals surface area contributed by atoms with Crippen LogP contribution in [0.25, 0.3) is 0 Å². The molecule has 2 aromatic heterocycles. The summed E-state index contributed by atoms with van der Waals surface area (Å²) < 4.78 is 32.6. The fourth-order valence-electron chi connectivity index (χ4n) is 1.53. The molecule has 0 fully saturated rings. The van der Waals surface area contributed by atoms with Crippen LogP contribution < -0.4 is 10.5 Å². The van der Waals surface area contributed by atoms with Gasteiger partial charge in [0.15, 0.2) is 5.82 Å². The number of nitrogens with one attached hydrogen (secondary N) is 1. The highest BCUT2D eigenvalue weighted by Crippen LogP contribution is 2.27. The van der Waals surface area contributed by atoms with Crippen LogP contribution in [0.2, 0.25) is 0 Å². The third-order valence-electron chi connectivity index (χ3n) is 2.39. The fraction of sp³-hybridized carbons (Fsp3) is 0.200. The number of nitrogen functional groups attached to an aromatic ring is 1. The Morgan fingerprint density at radius 2 is 2.25 bits per heavy atom. The van der Waals surface area contributed by atoms with Crippen LogP contribution >= 0.6 is 11.3 Å². The largest absolute Gasteiger partial charge is 0.465 e. The number of nitrogens with zero attached hydrogens (tertiary/aromatic N) is 2. The maximum absolute atomic E-state index is 12.2. The topological polar surface area (TPSA) is 116 Å². The first kappa shape index (κ1) is 14.3. The number of anilines is 2. The molecule has 0 radical (unpaired) electrons. The van der Waals surface area contributed by atoms with Gasteiger partial charge in [-0.1, -0.05) is 0 Å². The molecule has 3 N–H and O–H groups in total. The van der Waals surface area contributed by atoms with Gasteiger partial charge < -0.3 is 10.5 Å². The molecule has 108 valence electrons. The Kier molecular flexibility index (Phi) is 3.68. The van der Waals surface area contributed by atoms with Crippen molar-refractivity contribution in [2.75, 3.05) is 17.6 Å². The van der Waals surface area contributed by atoms with E-state index >= 15 is 0 Å². The minimum Gasteiger partial charge on any atom is -0.465 e. The van der Waals surface area contributed by atoms with E-state index in [0.29, 0.717) is 0 Å². The van der Waals surface area contributed by atoms with Crippen LogP contribution in [-0.2, 0) is 21.8 Å². The molecule has 2 rings (SSSR count). The predicted molar refractivity (Wildman–Crippen MR) is 74.1 cm³/mol. The second kappa shape index (κ2) is 5.13. The number of sulfonamides is 1. The Bertz CT molecular complexity index is 747. The molecule has 8 nitrogen and oxygen atoms in total. The van der Waals surface area contributed by atoms with Gasteiger partial charge in [-0.25, -0.2) is 13.2 Å². The molecule has 0 bridgehead atoms. The molecule has 0 atom stereocenters. The molecule has 2 heterocycles. The van der Waals surface area contributed by atoms with Gasteiger partial charge in [0.1, 0.15) is 9.77 Å². The molecule has 0 aliphatic rings. The molecule has 0 aromatic carbocycles. The van der Waals surface area contributed by atoms with Crippen molar-refractivity contribution < 1.29 is 17.9 Å². The third kappa shape index (κ3) is 2.60. The van der Waals surface area contributed by atoms with E-state index in [4.69, 9.17) is 5.73 Å². The Morgan fingerprint density at radius 3 is 2.80 bits per heavy atom. The second-order valence-corrected chi connectivity index (χ2v) is 6.38. The Hall–Kier alpha value is -2.07. The number of hydrogen-bond donors (Lipinski definition) is 2. The van der Waals surface area contributed by atoms with Crippen molar-refractivity contribution in [3.8, 4) is 0 Å². The Morgan fingerprint density at radius 1 is 1.55 bits per heavy atom. The monoisotopic (exact) mass is 316 g/mol. The molecule has 20 heavy (non-hydrogen) atoms. The lowest BCUT2D eigenvalue weighted by molar-refractivity contribution is 0.0607. The number of aromatic nitrogens is 2.